The minimum atomic E-state index is -1.52. The summed E-state index contributed by atoms with van der Waals surface area (Å²) in [5.74, 6) is -2.59. The van der Waals surface area contributed by atoms with Gasteiger partial charge in [0.05, 0.1) is 21.9 Å². The Kier molecular flexibility index (Phi) is 6.46. The number of non-ortho nitro benzene ring substituents is 1. The van der Waals surface area contributed by atoms with E-state index in [1.54, 1.807) is 24.3 Å². The van der Waals surface area contributed by atoms with Crippen LogP contribution in [0.5, 0.6) is 0 Å². The zero-order valence-corrected chi connectivity index (χ0v) is 24.7. The Hall–Kier alpha value is -4.79. The van der Waals surface area contributed by atoms with Crippen LogP contribution in [0, 0.1) is 16.0 Å². The van der Waals surface area contributed by atoms with E-state index in [9.17, 15) is 24.5 Å². The van der Waals surface area contributed by atoms with Gasteiger partial charge >= 0.3 is 0 Å². The first-order chi connectivity index (χ1) is 21.1. The molecule has 0 unspecified atom stereocenters. The van der Waals surface area contributed by atoms with Crippen molar-refractivity contribution in [2.75, 3.05) is 10.2 Å². The number of fused-ring (bicyclic) bond motifs is 6. The van der Waals surface area contributed by atoms with Crippen LogP contribution in [0.4, 0.5) is 17.1 Å². The number of Topliss-reactive ketones (excluding diaryl/α,β-unsaturated/α-hetero) is 2. The first-order valence-corrected chi connectivity index (χ1v) is 14.6. The second kappa shape index (κ2) is 10.1. The van der Waals surface area contributed by atoms with E-state index in [1.165, 1.54) is 36.4 Å². The molecule has 44 heavy (non-hydrogen) atoms. The first-order valence-electron chi connectivity index (χ1n) is 13.9. The highest BCUT2D eigenvalue weighted by Gasteiger charge is 2.70. The van der Waals surface area contributed by atoms with Crippen LogP contribution in [0.1, 0.15) is 38.8 Å². The minimum Gasteiger partial charge on any atom is -0.352 e. The molecule has 0 bridgehead atoms. The number of amides is 1. The second-order valence-corrected chi connectivity index (χ2v) is 12.0. The highest BCUT2D eigenvalue weighted by Crippen LogP contribution is 2.59. The number of halogens is 2. The number of ketones is 2. The van der Waals surface area contributed by atoms with Crippen LogP contribution in [0.25, 0.3) is 5.57 Å². The number of carbonyl (C=O) groups is 3. The maximum Gasteiger partial charge on any atom is 0.269 e. The molecule has 0 radical (unpaired) electrons. The van der Waals surface area contributed by atoms with Crippen LogP contribution in [0.2, 0.25) is 10.0 Å². The summed E-state index contributed by atoms with van der Waals surface area (Å²) in [6, 6.07) is 22.7. The number of para-hydroxylation sites is 2. The standard InChI is InChI=1S/C34H23Cl2N3O5/c1-18-16-28-34(24-7-3-4-8-26(24)37-33(34)42)29(32(41)23-15-12-20(35)17-25(23)36)30(38(28)27-9-5-2-6-22(18)27)31(40)19-10-13-21(14-11-19)39(43)44/h2-17,28-30H,1H3,(H,37,42)/t28-,29+,30-,34-/m1/s1. The summed E-state index contributed by atoms with van der Waals surface area (Å²) >= 11 is 12.8. The third-order valence-electron chi connectivity index (χ3n) is 8.99. The Morgan fingerprint density at radius 2 is 1.64 bits per heavy atom. The molecule has 4 aromatic carbocycles. The molecule has 1 fully saturated rings. The summed E-state index contributed by atoms with van der Waals surface area (Å²) in [4.78, 5) is 56.8. The second-order valence-electron chi connectivity index (χ2n) is 11.2. The maximum atomic E-state index is 14.9. The number of nitrogens with zero attached hydrogens (tertiary/aromatic N) is 2. The minimum absolute atomic E-state index is 0.0999. The van der Waals surface area contributed by atoms with E-state index in [4.69, 9.17) is 23.2 Å². The number of nitrogens with one attached hydrogen (secondary N) is 1. The van der Waals surface area contributed by atoms with Crippen LogP contribution in [-0.4, -0.2) is 34.5 Å². The average Bonchev–Trinajstić information content (AvgIpc) is 3.49. The highest BCUT2D eigenvalue weighted by molar-refractivity contribution is 6.37. The highest BCUT2D eigenvalue weighted by atomic mass is 35.5. The fourth-order valence-corrected chi connectivity index (χ4v) is 7.66. The van der Waals surface area contributed by atoms with E-state index in [2.05, 4.69) is 5.32 Å². The fourth-order valence-electron chi connectivity index (χ4n) is 7.16. The average molecular weight is 624 g/mol. The number of nitro benzene ring substituents is 1. The summed E-state index contributed by atoms with van der Waals surface area (Å²) in [6.45, 7) is 1.95. The van der Waals surface area contributed by atoms with Crippen LogP contribution in [0.3, 0.4) is 0 Å². The largest absolute Gasteiger partial charge is 0.352 e. The van der Waals surface area contributed by atoms with E-state index in [1.807, 2.05) is 48.2 Å². The van der Waals surface area contributed by atoms with Crippen molar-refractivity contribution in [3.63, 3.8) is 0 Å². The van der Waals surface area contributed by atoms with Gasteiger partial charge in [0.1, 0.15) is 11.5 Å². The summed E-state index contributed by atoms with van der Waals surface area (Å²) < 4.78 is 0. The number of rotatable bonds is 5. The van der Waals surface area contributed by atoms with Crippen molar-refractivity contribution in [2.45, 2.75) is 24.4 Å². The molecule has 4 atom stereocenters. The SMILES string of the molecule is CC1=C[C@H]2N(c3ccccc31)[C@@H](C(=O)c1ccc([N+](=O)[O-])cc1)[C@@H](C(=O)c1ccc(Cl)cc1Cl)[C@]21C(=O)Nc2ccccc21. The van der Waals surface area contributed by atoms with E-state index in [0.717, 1.165) is 11.1 Å². The zero-order valence-electron chi connectivity index (χ0n) is 23.2. The third kappa shape index (κ3) is 3.87. The van der Waals surface area contributed by atoms with Crippen LogP contribution >= 0.6 is 23.2 Å². The lowest BCUT2D eigenvalue weighted by atomic mass is 9.64. The van der Waals surface area contributed by atoms with Gasteiger partial charge < -0.3 is 10.2 Å². The van der Waals surface area contributed by atoms with Crippen molar-refractivity contribution in [3.05, 3.63) is 139 Å². The molecule has 3 heterocycles. The Balaban J connectivity index is 1.54. The Morgan fingerprint density at radius 3 is 2.36 bits per heavy atom. The molecule has 3 aliphatic heterocycles. The summed E-state index contributed by atoms with van der Waals surface area (Å²) in [5, 5.41) is 14.8. The Bertz CT molecular complexity index is 1960. The van der Waals surface area contributed by atoms with Gasteiger partial charge in [-0.25, -0.2) is 0 Å². The molecule has 1 amide bonds. The van der Waals surface area contributed by atoms with Gasteiger partial charge in [0.15, 0.2) is 11.6 Å². The number of hydrogen-bond donors (Lipinski definition) is 1. The third-order valence-corrected chi connectivity index (χ3v) is 9.54. The molecule has 0 saturated carbocycles. The molecular formula is C34H23Cl2N3O5. The van der Waals surface area contributed by atoms with Crippen molar-refractivity contribution >= 4 is 63.3 Å². The first kappa shape index (κ1) is 28.0. The van der Waals surface area contributed by atoms with E-state index >= 15 is 0 Å². The molecule has 0 aliphatic carbocycles. The van der Waals surface area contributed by atoms with Crippen molar-refractivity contribution in [3.8, 4) is 0 Å². The van der Waals surface area contributed by atoms with Gasteiger partial charge in [-0.3, -0.25) is 24.5 Å². The summed E-state index contributed by atoms with van der Waals surface area (Å²) in [6.07, 6.45) is 1.96. The van der Waals surface area contributed by atoms with Crippen LogP contribution in [0.15, 0.2) is 97.1 Å². The zero-order chi connectivity index (χ0) is 30.9. The van der Waals surface area contributed by atoms with Gasteiger partial charge in [-0.2, -0.15) is 0 Å². The lowest BCUT2D eigenvalue weighted by Gasteiger charge is -2.39. The van der Waals surface area contributed by atoms with Crippen molar-refractivity contribution in [2.24, 2.45) is 5.92 Å². The van der Waals surface area contributed by atoms with Gasteiger partial charge in [0, 0.05) is 45.2 Å². The number of benzene rings is 4. The summed E-state index contributed by atoms with van der Waals surface area (Å²) in [5.41, 5.74) is 2.24. The Labute approximate surface area is 262 Å². The topological polar surface area (TPSA) is 110 Å². The predicted octanol–water partition coefficient (Wildman–Crippen LogP) is 7.15. The molecule has 8 nitrogen and oxygen atoms in total. The van der Waals surface area contributed by atoms with Crippen molar-refractivity contribution in [1.82, 2.24) is 0 Å². The molecule has 1 N–H and O–H groups in total. The molecule has 218 valence electrons. The quantitative estimate of drug-likeness (QED) is 0.144. The van der Waals surface area contributed by atoms with E-state index in [0.29, 0.717) is 22.0 Å². The van der Waals surface area contributed by atoms with Crippen LogP contribution in [-0.2, 0) is 10.2 Å². The van der Waals surface area contributed by atoms with E-state index < -0.39 is 45.8 Å². The van der Waals surface area contributed by atoms with Gasteiger partial charge in [0.2, 0.25) is 5.91 Å². The fraction of sp³-hybridized carbons (Fsp3) is 0.147. The van der Waals surface area contributed by atoms with Crippen molar-refractivity contribution < 1.29 is 19.3 Å². The number of allylic oxidation sites excluding steroid dienone is 1. The van der Waals surface area contributed by atoms with Gasteiger partial charge in [-0.1, -0.05) is 65.7 Å². The molecule has 1 saturated heterocycles. The predicted molar refractivity (Wildman–Crippen MR) is 169 cm³/mol. The number of nitro groups is 1. The van der Waals surface area contributed by atoms with Gasteiger partial charge in [-0.15, -0.1) is 0 Å². The van der Waals surface area contributed by atoms with Gasteiger partial charge in [-0.05, 0) is 60.5 Å². The Morgan fingerprint density at radius 1 is 0.932 bits per heavy atom. The lowest BCUT2D eigenvalue weighted by molar-refractivity contribution is -0.384. The smallest absolute Gasteiger partial charge is 0.269 e. The van der Waals surface area contributed by atoms with Gasteiger partial charge in [0.25, 0.3) is 5.69 Å². The normalized spacial score (nSPS) is 23.0. The number of hydrogen-bond acceptors (Lipinski definition) is 6. The van der Waals surface area contributed by atoms with Crippen LogP contribution < -0.4 is 10.2 Å². The molecular weight excluding hydrogens is 601 g/mol. The monoisotopic (exact) mass is 623 g/mol. The van der Waals surface area contributed by atoms with Crippen molar-refractivity contribution in [1.29, 1.82) is 0 Å². The molecule has 0 aromatic heterocycles. The molecule has 10 heteroatoms. The lowest BCUT2D eigenvalue weighted by Crippen LogP contribution is -2.51. The molecule has 4 aromatic rings. The maximum absolute atomic E-state index is 14.9. The van der Waals surface area contributed by atoms with E-state index in [-0.39, 0.29) is 21.8 Å². The molecule has 7 rings (SSSR count). The number of anilines is 2. The number of carbonyl (C=O) groups excluding carboxylic acids is 3. The summed E-state index contributed by atoms with van der Waals surface area (Å²) in [7, 11) is 0. The molecule has 1 spiro atoms. The molecule has 3 aliphatic rings.